The van der Waals surface area contributed by atoms with Crippen LogP contribution in [-0.2, 0) is 11.3 Å². The Balaban J connectivity index is 1.54. The predicted octanol–water partition coefficient (Wildman–Crippen LogP) is 2.26. The van der Waals surface area contributed by atoms with Crippen LogP contribution in [0.3, 0.4) is 0 Å². The van der Waals surface area contributed by atoms with E-state index in [9.17, 15) is 4.79 Å². The van der Waals surface area contributed by atoms with E-state index in [0.29, 0.717) is 6.54 Å². The number of benzene rings is 1. The van der Waals surface area contributed by atoms with Gasteiger partial charge in [-0.2, -0.15) is 0 Å². The van der Waals surface area contributed by atoms with Crippen molar-refractivity contribution >= 4 is 17.0 Å². The van der Waals surface area contributed by atoms with E-state index in [4.69, 9.17) is 4.74 Å². The Morgan fingerprint density at radius 1 is 1.27 bits per heavy atom. The summed E-state index contributed by atoms with van der Waals surface area (Å²) in [7, 11) is 1.80. The Kier molecular flexibility index (Phi) is 3.04. The molecule has 1 spiro atoms. The molecule has 5 heteroatoms. The van der Waals surface area contributed by atoms with Gasteiger partial charge in [0.25, 0.3) is 0 Å². The molecule has 1 aromatic carbocycles. The predicted molar refractivity (Wildman–Crippen MR) is 83.5 cm³/mol. The molecule has 0 radical (unpaired) electrons. The van der Waals surface area contributed by atoms with Crippen LogP contribution in [0.2, 0.25) is 0 Å². The van der Waals surface area contributed by atoms with Crippen LogP contribution in [0.15, 0.2) is 36.5 Å². The van der Waals surface area contributed by atoms with Crippen molar-refractivity contribution in [3.8, 4) is 0 Å². The molecule has 1 amide bonds. The summed E-state index contributed by atoms with van der Waals surface area (Å²) < 4.78 is 5.61. The monoisotopic (exact) mass is 297 g/mol. The van der Waals surface area contributed by atoms with E-state index >= 15 is 0 Å². The van der Waals surface area contributed by atoms with Gasteiger partial charge in [-0.1, -0.05) is 18.2 Å². The smallest absolute Gasteiger partial charge is 0.410 e. The molecule has 0 bridgehead atoms. The first-order chi connectivity index (χ1) is 10.7. The minimum atomic E-state index is -0.311. The first-order valence-corrected chi connectivity index (χ1v) is 7.64. The molecule has 2 fully saturated rings. The van der Waals surface area contributed by atoms with E-state index in [-0.39, 0.29) is 11.7 Å². The third-order valence-corrected chi connectivity index (χ3v) is 4.67. The summed E-state index contributed by atoms with van der Waals surface area (Å²) >= 11 is 0. The number of rotatable bonds is 2. The van der Waals surface area contributed by atoms with Gasteiger partial charge in [0.05, 0.1) is 12.1 Å². The lowest BCUT2D eigenvalue weighted by Gasteiger charge is -2.22. The summed E-state index contributed by atoms with van der Waals surface area (Å²) in [5.74, 6) is 0. The molecular weight excluding hydrogens is 278 g/mol. The molecule has 0 aliphatic carbocycles. The Bertz CT molecular complexity index is 727. The number of carbonyl (C=O) groups is 1. The molecule has 0 saturated carbocycles. The molecule has 0 unspecified atom stereocenters. The maximum absolute atomic E-state index is 11.7. The van der Waals surface area contributed by atoms with Crippen molar-refractivity contribution in [2.75, 3.05) is 26.7 Å². The molecule has 0 N–H and O–H groups in total. The van der Waals surface area contributed by atoms with Gasteiger partial charge in [0.1, 0.15) is 5.60 Å². The topological polar surface area (TPSA) is 45.7 Å². The summed E-state index contributed by atoms with van der Waals surface area (Å²) in [6.07, 6.45) is 2.58. The van der Waals surface area contributed by atoms with Crippen molar-refractivity contribution in [2.45, 2.75) is 18.6 Å². The number of pyridine rings is 1. The number of hydrogen-bond acceptors (Lipinski definition) is 4. The molecule has 4 rings (SSSR count). The number of nitrogens with zero attached hydrogens (tertiary/aromatic N) is 3. The van der Waals surface area contributed by atoms with Gasteiger partial charge in [-0.05, 0) is 17.7 Å². The number of amides is 1. The molecule has 2 aliphatic rings. The van der Waals surface area contributed by atoms with E-state index in [2.05, 4.69) is 22.0 Å². The van der Waals surface area contributed by atoms with Gasteiger partial charge >= 0.3 is 6.09 Å². The Morgan fingerprint density at radius 2 is 2.14 bits per heavy atom. The second-order valence-corrected chi connectivity index (χ2v) is 6.35. The van der Waals surface area contributed by atoms with E-state index < -0.39 is 0 Å². The van der Waals surface area contributed by atoms with Crippen molar-refractivity contribution < 1.29 is 9.53 Å². The van der Waals surface area contributed by atoms with Crippen LogP contribution in [0.5, 0.6) is 0 Å². The van der Waals surface area contributed by atoms with Crippen LogP contribution < -0.4 is 0 Å². The number of carbonyl (C=O) groups excluding carboxylic acids is 1. The van der Waals surface area contributed by atoms with Gasteiger partial charge < -0.3 is 9.64 Å². The first-order valence-electron chi connectivity index (χ1n) is 7.64. The molecule has 5 nitrogen and oxygen atoms in total. The molecule has 3 heterocycles. The van der Waals surface area contributed by atoms with Gasteiger partial charge in [0.2, 0.25) is 0 Å². The Hall–Kier alpha value is -2.14. The normalized spacial score (nSPS) is 25.3. The second kappa shape index (κ2) is 4.95. The van der Waals surface area contributed by atoms with Gasteiger partial charge in [0, 0.05) is 44.7 Å². The quantitative estimate of drug-likeness (QED) is 0.853. The van der Waals surface area contributed by atoms with Crippen molar-refractivity contribution in [3.05, 3.63) is 42.1 Å². The van der Waals surface area contributed by atoms with Crippen LogP contribution in [0.25, 0.3) is 10.9 Å². The van der Waals surface area contributed by atoms with Crippen molar-refractivity contribution in [1.29, 1.82) is 0 Å². The van der Waals surface area contributed by atoms with Crippen LogP contribution in [0.4, 0.5) is 4.79 Å². The zero-order valence-electron chi connectivity index (χ0n) is 12.7. The van der Waals surface area contributed by atoms with Crippen molar-refractivity contribution in [3.63, 3.8) is 0 Å². The average molecular weight is 297 g/mol. The fourth-order valence-corrected chi connectivity index (χ4v) is 3.60. The summed E-state index contributed by atoms with van der Waals surface area (Å²) in [5.41, 5.74) is 2.00. The molecule has 1 atom stereocenters. The number of aromatic nitrogens is 1. The van der Waals surface area contributed by atoms with Gasteiger partial charge in [-0.15, -0.1) is 0 Å². The molecule has 2 aliphatic heterocycles. The van der Waals surface area contributed by atoms with Crippen molar-refractivity contribution in [2.24, 2.45) is 0 Å². The standard InChI is InChI=1S/C17H19N3O2/c1-19-11-17(22-16(19)21)7-9-20(12-17)10-13-6-8-18-15-5-3-2-4-14(13)15/h2-6,8H,7,9-12H2,1H3/t17-/m1/s1. The fraction of sp³-hybridized carbons (Fsp3) is 0.412. The van der Waals surface area contributed by atoms with E-state index in [1.54, 1.807) is 11.9 Å². The van der Waals surface area contributed by atoms with E-state index in [0.717, 1.165) is 31.6 Å². The third kappa shape index (κ3) is 2.22. The largest absolute Gasteiger partial charge is 0.439 e. The number of ether oxygens (including phenoxy) is 1. The summed E-state index contributed by atoms with van der Waals surface area (Å²) in [4.78, 5) is 20.1. The van der Waals surface area contributed by atoms with Crippen LogP contribution in [-0.4, -0.2) is 53.2 Å². The number of fused-ring (bicyclic) bond motifs is 1. The highest BCUT2D eigenvalue weighted by molar-refractivity contribution is 5.81. The third-order valence-electron chi connectivity index (χ3n) is 4.67. The van der Waals surface area contributed by atoms with Crippen LogP contribution in [0.1, 0.15) is 12.0 Å². The highest BCUT2D eigenvalue weighted by Crippen LogP contribution is 2.33. The number of likely N-dealkylation sites (N-methyl/N-ethyl adjacent to an activating group) is 1. The minimum absolute atomic E-state index is 0.198. The second-order valence-electron chi connectivity index (χ2n) is 6.35. The summed E-state index contributed by atoms with van der Waals surface area (Å²) in [6, 6.07) is 10.3. The van der Waals surface area contributed by atoms with E-state index in [1.165, 1.54) is 10.9 Å². The lowest BCUT2D eigenvalue weighted by atomic mass is 10.0. The Labute approximate surface area is 129 Å². The average Bonchev–Trinajstić information content (AvgIpc) is 3.02. The lowest BCUT2D eigenvalue weighted by Crippen LogP contribution is -2.37. The van der Waals surface area contributed by atoms with Gasteiger partial charge in [0.15, 0.2) is 0 Å². The lowest BCUT2D eigenvalue weighted by molar-refractivity contribution is 0.0628. The van der Waals surface area contributed by atoms with Crippen LogP contribution in [0, 0.1) is 0 Å². The highest BCUT2D eigenvalue weighted by atomic mass is 16.6. The van der Waals surface area contributed by atoms with Gasteiger partial charge in [-0.25, -0.2) is 4.79 Å². The zero-order chi connectivity index (χ0) is 15.2. The molecule has 2 saturated heterocycles. The van der Waals surface area contributed by atoms with Gasteiger partial charge in [-0.3, -0.25) is 9.88 Å². The zero-order valence-corrected chi connectivity index (χ0v) is 12.7. The number of para-hydroxylation sites is 1. The maximum atomic E-state index is 11.7. The molecule has 1 aromatic heterocycles. The summed E-state index contributed by atoms with van der Waals surface area (Å²) in [6.45, 7) is 3.32. The Morgan fingerprint density at radius 3 is 2.95 bits per heavy atom. The minimum Gasteiger partial charge on any atom is -0.439 e. The SMILES string of the molecule is CN1C[C@@]2(CCN(Cc3ccnc4ccccc34)C2)OC1=O. The molecule has 2 aromatic rings. The maximum Gasteiger partial charge on any atom is 0.410 e. The van der Waals surface area contributed by atoms with Crippen LogP contribution >= 0.6 is 0 Å². The fourth-order valence-electron chi connectivity index (χ4n) is 3.60. The number of hydrogen-bond donors (Lipinski definition) is 0. The molecule has 22 heavy (non-hydrogen) atoms. The van der Waals surface area contributed by atoms with E-state index in [1.807, 2.05) is 24.4 Å². The highest BCUT2D eigenvalue weighted by Gasteiger charge is 2.48. The first kappa shape index (κ1) is 13.5. The molecule has 114 valence electrons. The number of likely N-dealkylation sites (tertiary alicyclic amines) is 1. The molecular formula is C17H19N3O2. The summed E-state index contributed by atoms with van der Waals surface area (Å²) in [5, 5.41) is 1.20. The van der Waals surface area contributed by atoms with Crippen molar-refractivity contribution in [1.82, 2.24) is 14.8 Å².